The molecule has 0 radical (unpaired) electrons. The minimum atomic E-state index is -1.25. The van der Waals surface area contributed by atoms with E-state index < -0.39 is 11.8 Å². The number of aromatic carboxylic acids is 1. The van der Waals surface area contributed by atoms with Gasteiger partial charge >= 0.3 is 5.97 Å². The number of aryl methyl sites for hydroxylation is 1. The lowest BCUT2D eigenvalue weighted by atomic mass is 9.95. The number of ether oxygens (including phenoxy) is 3. The van der Waals surface area contributed by atoms with Gasteiger partial charge in [-0.2, -0.15) is 0 Å². The monoisotopic (exact) mass is 330 g/mol. The average Bonchev–Trinajstić information content (AvgIpc) is 2.59. The number of carboxylic acids is 1. The lowest BCUT2D eigenvalue weighted by Crippen LogP contribution is -2.13. The van der Waals surface area contributed by atoms with Crippen LogP contribution in [0, 0.1) is 6.92 Å². The third-order valence-electron chi connectivity index (χ3n) is 3.59. The summed E-state index contributed by atoms with van der Waals surface area (Å²) in [5, 5.41) is 9.48. The van der Waals surface area contributed by atoms with E-state index in [4.69, 9.17) is 14.2 Å². The summed E-state index contributed by atoms with van der Waals surface area (Å²) in [5.41, 5.74) is 0.935. The predicted molar refractivity (Wildman–Crippen MR) is 87.7 cm³/mol. The summed E-state index contributed by atoms with van der Waals surface area (Å²) in [5.74, 6) is -0.962. The number of hydrogen-bond acceptors (Lipinski definition) is 5. The summed E-state index contributed by atoms with van der Waals surface area (Å²) < 4.78 is 15.5. The number of methoxy groups -OCH3 is 3. The molecular formula is C18H18O6. The molecule has 2 aromatic rings. The molecule has 0 amide bonds. The van der Waals surface area contributed by atoms with Gasteiger partial charge < -0.3 is 19.3 Å². The second-order valence-corrected chi connectivity index (χ2v) is 5.09. The fourth-order valence-corrected chi connectivity index (χ4v) is 2.39. The Kier molecular flexibility index (Phi) is 5.08. The molecular weight excluding hydrogens is 312 g/mol. The molecule has 0 aliphatic rings. The van der Waals surface area contributed by atoms with Crippen molar-refractivity contribution in [2.24, 2.45) is 0 Å². The van der Waals surface area contributed by atoms with Crippen LogP contribution in [0.15, 0.2) is 30.3 Å². The van der Waals surface area contributed by atoms with Crippen LogP contribution in [0.4, 0.5) is 0 Å². The van der Waals surface area contributed by atoms with Gasteiger partial charge in [-0.1, -0.05) is 6.07 Å². The second-order valence-electron chi connectivity index (χ2n) is 5.09. The molecule has 6 heteroatoms. The Labute approximate surface area is 139 Å². The maximum absolute atomic E-state index is 13.0. The zero-order chi connectivity index (χ0) is 17.9. The molecule has 126 valence electrons. The topological polar surface area (TPSA) is 82.1 Å². The van der Waals surface area contributed by atoms with E-state index >= 15 is 0 Å². The van der Waals surface area contributed by atoms with Gasteiger partial charge in [0.1, 0.15) is 17.2 Å². The largest absolute Gasteiger partial charge is 0.497 e. The molecule has 0 spiro atoms. The highest BCUT2D eigenvalue weighted by Gasteiger charge is 2.26. The maximum atomic E-state index is 13.0. The van der Waals surface area contributed by atoms with Crippen molar-refractivity contribution in [1.82, 2.24) is 0 Å². The number of hydrogen-bond donors (Lipinski definition) is 1. The van der Waals surface area contributed by atoms with E-state index in [-0.39, 0.29) is 28.2 Å². The van der Waals surface area contributed by atoms with Crippen LogP contribution in [0.25, 0.3) is 0 Å². The third kappa shape index (κ3) is 3.17. The normalized spacial score (nSPS) is 10.2. The van der Waals surface area contributed by atoms with Gasteiger partial charge in [-0.15, -0.1) is 0 Å². The summed E-state index contributed by atoms with van der Waals surface area (Å²) in [6.07, 6.45) is 0. The Morgan fingerprint density at radius 3 is 2.08 bits per heavy atom. The fourth-order valence-electron chi connectivity index (χ4n) is 2.39. The first kappa shape index (κ1) is 17.3. The SMILES string of the molecule is COc1cc(OC)c(C(=O)c2ccc(C)cc2OC)c(C(=O)O)c1. The number of benzene rings is 2. The third-order valence-corrected chi connectivity index (χ3v) is 3.59. The predicted octanol–water partition coefficient (Wildman–Crippen LogP) is 2.95. The molecule has 0 unspecified atom stereocenters. The van der Waals surface area contributed by atoms with E-state index in [2.05, 4.69) is 0 Å². The van der Waals surface area contributed by atoms with Crippen molar-refractivity contribution in [3.8, 4) is 17.2 Å². The molecule has 0 aliphatic carbocycles. The van der Waals surface area contributed by atoms with Crippen molar-refractivity contribution in [3.05, 3.63) is 52.6 Å². The highest BCUT2D eigenvalue weighted by atomic mass is 16.5. The summed E-state index contributed by atoms with van der Waals surface area (Å²) in [4.78, 5) is 24.6. The van der Waals surface area contributed by atoms with Crippen molar-refractivity contribution in [2.45, 2.75) is 6.92 Å². The molecule has 2 rings (SSSR count). The van der Waals surface area contributed by atoms with Crippen molar-refractivity contribution in [3.63, 3.8) is 0 Å². The number of carbonyl (C=O) groups is 2. The Balaban J connectivity index is 2.71. The molecule has 2 aromatic carbocycles. The quantitative estimate of drug-likeness (QED) is 0.820. The van der Waals surface area contributed by atoms with Crippen LogP contribution in [0.5, 0.6) is 17.2 Å². The smallest absolute Gasteiger partial charge is 0.336 e. The van der Waals surface area contributed by atoms with Crippen molar-refractivity contribution in [1.29, 1.82) is 0 Å². The van der Waals surface area contributed by atoms with E-state index in [1.165, 1.54) is 33.5 Å². The van der Waals surface area contributed by atoms with E-state index in [0.29, 0.717) is 5.75 Å². The van der Waals surface area contributed by atoms with Crippen molar-refractivity contribution >= 4 is 11.8 Å². The van der Waals surface area contributed by atoms with Gasteiger partial charge in [-0.25, -0.2) is 4.79 Å². The molecule has 0 saturated heterocycles. The van der Waals surface area contributed by atoms with Gasteiger partial charge in [0.2, 0.25) is 5.78 Å². The highest BCUT2D eigenvalue weighted by Crippen LogP contribution is 2.33. The van der Waals surface area contributed by atoms with Crippen LogP contribution in [0.3, 0.4) is 0 Å². The molecule has 0 atom stereocenters. The van der Waals surface area contributed by atoms with Crippen LogP contribution in [0.2, 0.25) is 0 Å². The molecule has 0 bridgehead atoms. The van der Waals surface area contributed by atoms with E-state index in [1.807, 2.05) is 6.92 Å². The summed E-state index contributed by atoms with van der Waals surface area (Å²) in [6.45, 7) is 1.87. The Bertz CT molecular complexity index is 794. The Hall–Kier alpha value is -3.02. The van der Waals surface area contributed by atoms with Crippen LogP contribution in [-0.4, -0.2) is 38.2 Å². The van der Waals surface area contributed by atoms with Gasteiger partial charge in [-0.3, -0.25) is 4.79 Å². The minimum absolute atomic E-state index is 0.0482. The number of ketones is 1. The van der Waals surface area contributed by atoms with Crippen molar-refractivity contribution < 1.29 is 28.9 Å². The fraction of sp³-hybridized carbons (Fsp3) is 0.222. The molecule has 0 aromatic heterocycles. The molecule has 0 aliphatic heterocycles. The highest BCUT2D eigenvalue weighted by molar-refractivity contribution is 6.17. The first-order valence-corrected chi connectivity index (χ1v) is 7.11. The van der Waals surface area contributed by atoms with Crippen LogP contribution in [-0.2, 0) is 0 Å². The molecule has 6 nitrogen and oxygen atoms in total. The van der Waals surface area contributed by atoms with Crippen molar-refractivity contribution in [2.75, 3.05) is 21.3 Å². The van der Waals surface area contributed by atoms with Gasteiger partial charge in [0.25, 0.3) is 0 Å². The zero-order valence-corrected chi connectivity index (χ0v) is 13.9. The Morgan fingerprint density at radius 2 is 1.54 bits per heavy atom. The summed E-state index contributed by atoms with van der Waals surface area (Å²) >= 11 is 0. The molecule has 0 saturated carbocycles. The lowest BCUT2D eigenvalue weighted by molar-refractivity contribution is 0.0691. The van der Waals surface area contributed by atoms with E-state index in [1.54, 1.807) is 18.2 Å². The zero-order valence-electron chi connectivity index (χ0n) is 13.9. The van der Waals surface area contributed by atoms with Crippen LogP contribution >= 0.6 is 0 Å². The van der Waals surface area contributed by atoms with Gasteiger partial charge in [0.15, 0.2) is 0 Å². The first-order valence-electron chi connectivity index (χ1n) is 7.11. The van der Waals surface area contributed by atoms with E-state index in [9.17, 15) is 14.7 Å². The lowest BCUT2D eigenvalue weighted by Gasteiger charge is -2.15. The summed E-state index contributed by atoms with van der Waals surface area (Å²) in [7, 11) is 4.23. The van der Waals surface area contributed by atoms with E-state index in [0.717, 1.165) is 5.56 Å². The second kappa shape index (κ2) is 7.04. The Morgan fingerprint density at radius 1 is 0.875 bits per heavy atom. The van der Waals surface area contributed by atoms with Gasteiger partial charge in [-0.05, 0) is 30.7 Å². The molecule has 1 N–H and O–H groups in total. The standard InChI is InChI=1S/C18H18O6/c1-10-5-6-12(14(7-10)23-3)17(19)16-13(18(20)21)8-11(22-2)9-15(16)24-4/h5-9H,1-4H3,(H,20,21). The first-order chi connectivity index (χ1) is 11.4. The van der Waals surface area contributed by atoms with Crippen LogP contribution < -0.4 is 14.2 Å². The number of carboxylic acid groups (broad SMARTS) is 1. The molecule has 0 fully saturated rings. The number of carbonyl (C=O) groups excluding carboxylic acids is 1. The summed E-state index contributed by atoms with van der Waals surface area (Å²) in [6, 6.07) is 7.83. The van der Waals surface area contributed by atoms with Gasteiger partial charge in [0.05, 0.1) is 38.0 Å². The van der Waals surface area contributed by atoms with Gasteiger partial charge in [0, 0.05) is 6.07 Å². The molecule has 0 heterocycles. The average molecular weight is 330 g/mol. The minimum Gasteiger partial charge on any atom is -0.497 e. The maximum Gasteiger partial charge on any atom is 0.336 e. The van der Waals surface area contributed by atoms with Crippen LogP contribution in [0.1, 0.15) is 31.8 Å². The molecule has 24 heavy (non-hydrogen) atoms. The number of rotatable bonds is 6.